The molecule has 0 radical (unpaired) electrons. The van der Waals surface area contributed by atoms with Crippen molar-refractivity contribution in [1.29, 1.82) is 0 Å². The van der Waals surface area contributed by atoms with Crippen molar-refractivity contribution >= 4 is 5.69 Å². The molecule has 0 aliphatic heterocycles. The van der Waals surface area contributed by atoms with Crippen molar-refractivity contribution in [3.63, 3.8) is 0 Å². The van der Waals surface area contributed by atoms with Crippen LogP contribution in [0.15, 0.2) is 54.6 Å². The first-order chi connectivity index (χ1) is 7.88. The van der Waals surface area contributed by atoms with E-state index in [1.54, 1.807) is 0 Å². The lowest BCUT2D eigenvalue weighted by Crippen LogP contribution is -2.02. The first-order valence-electron chi connectivity index (χ1n) is 5.13. The van der Waals surface area contributed by atoms with E-state index in [1.165, 1.54) is 5.56 Å². The van der Waals surface area contributed by atoms with Gasteiger partial charge in [0.05, 0.1) is 0 Å². The van der Waals surface area contributed by atoms with Crippen molar-refractivity contribution < 1.29 is 4.84 Å². The van der Waals surface area contributed by atoms with Gasteiger partial charge in [-0.1, -0.05) is 30.3 Å². The van der Waals surface area contributed by atoms with Crippen LogP contribution in [-0.4, -0.2) is 0 Å². The number of para-hydroxylation sites is 1. The number of hydrogen-bond acceptors (Lipinski definition) is 3. The van der Waals surface area contributed by atoms with Gasteiger partial charge in [0.2, 0.25) is 0 Å². The van der Waals surface area contributed by atoms with Gasteiger partial charge >= 0.3 is 0 Å². The summed E-state index contributed by atoms with van der Waals surface area (Å²) in [5, 5.41) is 3.33. The molecule has 3 N–H and O–H groups in total. The molecule has 0 bridgehead atoms. The van der Waals surface area contributed by atoms with Gasteiger partial charge in [0.1, 0.15) is 5.75 Å². The van der Waals surface area contributed by atoms with Crippen LogP contribution in [0.3, 0.4) is 0 Å². The van der Waals surface area contributed by atoms with Crippen molar-refractivity contribution in [2.45, 2.75) is 6.54 Å². The molecule has 0 heterocycles. The zero-order chi connectivity index (χ0) is 11.2. The molecule has 82 valence electrons. The lowest BCUT2D eigenvalue weighted by atomic mass is 10.2. The van der Waals surface area contributed by atoms with Crippen LogP contribution in [0.1, 0.15) is 5.56 Å². The SMILES string of the molecule is NOc1ccc(CNc2ccccc2)cc1. The molecule has 0 aliphatic carbocycles. The van der Waals surface area contributed by atoms with Gasteiger partial charge in [-0.2, -0.15) is 5.90 Å². The highest BCUT2D eigenvalue weighted by atomic mass is 16.6. The first kappa shape index (κ1) is 10.5. The van der Waals surface area contributed by atoms with Gasteiger partial charge in [-0.05, 0) is 29.8 Å². The lowest BCUT2D eigenvalue weighted by molar-refractivity contribution is 0.334. The summed E-state index contributed by atoms with van der Waals surface area (Å²) >= 11 is 0. The van der Waals surface area contributed by atoms with E-state index in [9.17, 15) is 0 Å². The van der Waals surface area contributed by atoms with Crippen molar-refractivity contribution in [3.8, 4) is 5.75 Å². The Hall–Kier alpha value is -2.00. The van der Waals surface area contributed by atoms with Crippen molar-refractivity contribution in [2.75, 3.05) is 5.32 Å². The lowest BCUT2D eigenvalue weighted by Gasteiger charge is -2.06. The largest absolute Gasteiger partial charge is 0.412 e. The minimum atomic E-state index is 0.670. The van der Waals surface area contributed by atoms with Gasteiger partial charge in [0.25, 0.3) is 0 Å². The molecule has 0 aliphatic rings. The summed E-state index contributed by atoms with van der Waals surface area (Å²) in [4.78, 5) is 4.61. The fraction of sp³-hybridized carbons (Fsp3) is 0.0769. The second-order valence-corrected chi connectivity index (χ2v) is 3.48. The van der Waals surface area contributed by atoms with Crippen LogP contribution < -0.4 is 16.1 Å². The molecule has 0 unspecified atom stereocenters. The molecule has 3 heteroatoms. The fourth-order valence-electron chi connectivity index (χ4n) is 1.45. The molecule has 0 aromatic heterocycles. The number of nitrogens with one attached hydrogen (secondary N) is 1. The third-order valence-electron chi connectivity index (χ3n) is 2.33. The van der Waals surface area contributed by atoms with Crippen LogP contribution in [0.5, 0.6) is 5.75 Å². The maximum absolute atomic E-state index is 5.05. The molecule has 0 spiro atoms. The summed E-state index contributed by atoms with van der Waals surface area (Å²) in [5.41, 5.74) is 2.30. The molecular formula is C13H14N2O. The quantitative estimate of drug-likeness (QED) is 0.769. The predicted octanol–water partition coefficient (Wildman–Crippen LogP) is 2.55. The van der Waals surface area contributed by atoms with E-state index in [-0.39, 0.29) is 0 Å². The molecule has 0 saturated heterocycles. The van der Waals surface area contributed by atoms with Gasteiger partial charge in [-0.25, -0.2) is 0 Å². The summed E-state index contributed by atoms with van der Waals surface area (Å²) in [6.07, 6.45) is 0. The number of hydrogen-bond donors (Lipinski definition) is 2. The van der Waals surface area contributed by atoms with E-state index < -0.39 is 0 Å². The summed E-state index contributed by atoms with van der Waals surface area (Å²) in [6, 6.07) is 17.8. The van der Waals surface area contributed by atoms with Gasteiger partial charge < -0.3 is 10.2 Å². The molecule has 2 rings (SSSR count). The number of benzene rings is 2. The van der Waals surface area contributed by atoms with Crippen LogP contribution in [0.2, 0.25) is 0 Å². The monoisotopic (exact) mass is 214 g/mol. The highest BCUT2D eigenvalue weighted by molar-refractivity contribution is 5.43. The summed E-state index contributed by atoms with van der Waals surface area (Å²) in [6.45, 7) is 0.787. The topological polar surface area (TPSA) is 47.3 Å². The molecule has 0 fully saturated rings. The Labute approximate surface area is 94.8 Å². The Balaban J connectivity index is 1.94. The molecule has 0 amide bonds. The number of anilines is 1. The van der Waals surface area contributed by atoms with E-state index in [4.69, 9.17) is 5.90 Å². The van der Waals surface area contributed by atoms with Crippen molar-refractivity contribution in [2.24, 2.45) is 5.90 Å². The smallest absolute Gasteiger partial charge is 0.146 e. The fourth-order valence-corrected chi connectivity index (χ4v) is 1.45. The van der Waals surface area contributed by atoms with Crippen LogP contribution >= 0.6 is 0 Å². The predicted molar refractivity (Wildman–Crippen MR) is 65.0 cm³/mol. The Bertz CT molecular complexity index is 425. The van der Waals surface area contributed by atoms with E-state index in [0.717, 1.165) is 12.2 Å². The highest BCUT2D eigenvalue weighted by Crippen LogP contribution is 2.12. The molecule has 2 aromatic carbocycles. The third kappa shape index (κ3) is 2.74. The van der Waals surface area contributed by atoms with E-state index >= 15 is 0 Å². The van der Waals surface area contributed by atoms with Crippen LogP contribution in [-0.2, 0) is 6.54 Å². The van der Waals surface area contributed by atoms with Gasteiger partial charge in [0, 0.05) is 12.2 Å². The standard InChI is InChI=1S/C13H14N2O/c14-16-13-8-6-11(7-9-13)10-15-12-4-2-1-3-5-12/h1-9,15H,10,14H2. The van der Waals surface area contributed by atoms with Crippen molar-refractivity contribution in [3.05, 3.63) is 60.2 Å². The second-order valence-electron chi connectivity index (χ2n) is 3.48. The van der Waals surface area contributed by atoms with E-state index in [1.807, 2.05) is 54.6 Å². The Morgan fingerprint density at radius 3 is 2.25 bits per heavy atom. The average Bonchev–Trinajstić information content (AvgIpc) is 2.38. The molecular weight excluding hydrogens is 200 g/mol. The van der Waals surface area contributed by atoms with Crippen LogP contribution in [0.4, 0.5) is 5.69 Å². The molecule has 0 saturated carbocycles. The average molecular weight is 214 g/mol. The van der Waals surface area contributed by atoms with Crippen LogP contribution in [0, 0.1) is 0 Å². The normalized spacial score (nSPS) is 9.81. The molecule has 3 nitrogen and oxygen atoms in total. The van der Waals surface area contributed by atoms with Gasteiger partial charge in [-0.15, -0.1) is 0 Å². The highest BCUT2D eigenvalue weighted by Gasteiger charge is 1.94. The zero-order valence-electron chi connectivity index (χ0n) is 8.89. The maximum atomic E-state index is 5.05. The molecule has 2 aromatic rings. The third-order valence-corrected chi connectivity index (χ3v) is 2.33. The van der Waals surface area contributed by atoms with Gasteiger partial charge in [0.15, 0.2) is 0 Å². The minimum absolute atomic E-state index is 0.670. The van der Waals surface area contributed by atoms with E-state index in [0.29, 0.717) is 5.75 Å². The Kier molecular flexibility index (Phi) is 3.41. The number of nitrogens with two attached hydrogens (primary N) is 1. The summed E-state index contributed by atoms with van der Waals surface area (Å²) in [5.74, 6) is 5.72. The molecule has 0 atom stereocenters. The Morgan fingerprint density at radius 1 is 0.938 bits per heavy atom. The maximum Gasteiger partial charge on any atom is 0.146 e. The zero-order valence-corrected chi connectivity index (χ0v) is 8.89. The van der Waals surface area contributed by atoms with Crippen molar-refractivity contribution in [1.82, 2.24) is 0 Å². The minimum Gasteiger partial charge on any atom is -0.412 e. The summed E-state index contributed by atoms with van der Waals surface area (Å²) in [7, 11) is 0. The first-order valence-corrected chi connectivity index (χ1v) is 5.13. The van der Waals surface area contributed by atoms with E-state index in [2.05, 4.69) is 10.2 Å². The second kappa shape index (κ2) is 5.19. The molecule has 16 heavy (non-hydrogen) atoms. The van der Waals surface area contributed by atoms with Gasteiger partial charge in [-0.3, -0.25) is 0 Å². The Morgan fingerprint density at radius 2 is 1.62 bits per heavy atom. The summed E-state index contributed by atoms with van der Waals surface area (Å²) < 4.78 is 0. The number of rotatable bonds is 4. The van der Waals surface area contributed by atoms with Crippen LogP contribution in [0.25, 0.3) is 0 Å².